The monoisotopic (exact) mass is 314 g/mol. The van der Waals surface area contributed by atoms with Gasteiger partial charge in [-0.3, -0.25) is 19.4 Å². The van der Waals surface area contributed by atoms with E-state index in [0.717, 1.165) is 21.9 Å². The molecule has 5 nitrogen and oxygen atoms in total. The van der Waals surface area contributed by atoms with Gasteiger partial charge in [0.15, 0.2) is 0 Å². The first-order valence-corrected chi connectivity index (χ1v) is 6.48. The van der Waals surface area contributed by atoms with E-state index in [2.05, 4.69) is 0 Å². The Balaban J connectivity index is 2.19. The van der Waals surface area contributed by atoms with Crippen LogP contribution in [0.3, 0.4) is 0 Å². The van der Waals surface area contributed by atoms with Crippen LogP contribution in [0, 0.1) is 0 Å². The van der Waals surface area contributed by atoms with Crippen molar-refractivity contribution in [3.63, 3.8) is 0 Å². The molecule has 22 heavy (non-hydrogen) atoms. The minimum absolute atomic E-state index is 0.245. The largest absolute Gasteiger partial charge is 0.416 e. The van der Waals surface area contributed by atoms with Crippen molar-refractivity contribution >= 4 is 17.8 Å². The first-order chi connectivity index (χ1) is 10.1. The molecule has 0 atom stereocenters. The Morgan fingerprint density at radius 1 is 1.00 bits per heavy atom. The Kier molecular flexibility index (Phi) is 3.95. The van der Waals surface area contributed by atoms with Crippen LogP contribution in [0.4, 0.5) is 18.0 Å². The number of benzene rings is 1. The lowest BCUT2D eigenvalue weighted by Gasteiger charge is -2.18. The van der Waals surface area contributed by atoms with Crippen LogP contribution < -0.4 is 0 Å². The number of carbonyl (C=O) groups is 3. The van der Waals surface area contributed by atoms with Gasteiger partial charge in [0, 0.05) is 6.04 Å². The quantitative estimate of drug-likeness (QED) is 0.636. The minimum atomic E-state index is -4.46. The van der Waals surface area contributed by atoms with Gasteiger partial charge in [0.2, 0.25) is 0 Å². The van der Waals surface area contributed by atoms with Gasteiger partial charge in [-0.15, -0.1) is 0 Å². The molecule has 1 fully saturated rings. The summed E-state index contributed by atoms with van der Waals surface area (Å²) in [5.74, 6) is -1.90. The van der Waals surface area contributed by atoms with E-state index in [9.17, 15) is 27.6 Å². The Hall–Kier alpha value is -2.38. The van der Waals surface area contributed by atoms with Crippen molar-refractivity contribution in [3.05, 3.63) is 35.4 Å². The molecule has 0 radical (unpaired) electrons. The molecule has 1 aromatic rings. The molecule has 0 aliphatic carbocycles. The van der Waals surface area contributed by atoms with Crippen LogP contribution in [-0.2, 0) is 22.3 Å². The highest BCUT2D eigenvalue weighted by molar-refractivity contribution is 6.44. The van der Waals surface area contributed by atoms with Crippen molar-refractivity contribution in [2.45, 2.75) is 32.6 Å². The summed E-state index contributed by atoms with van der Waals surface area (Å²) in [4.78, 5) is 37.1. The van der Waals surface area contributed by atoms with Gasteiger partial charge in [0.05, 0.1) is 12.1 Å². The second kappa shape index (κ2) is 5.43. The Morgan fingerprint density at radius 2 is 1.55 bits per heavy atom. The third-order valence-corrected chi connectivity index (χ3v) is 3.22. The van der Waals surface area contributed by atoms with Gasteiger partial charge in [0.1, 0.15) is 0 Å². The Bertz CT molecular complexity index is 623. The normalized spacial score (nSPS) is 16.2. The Morgan fingerprint density at radius 3 is 1.95 bits per heavy atom. The number of hydrogen-bond acceptors (Lipinski definition) is 3. The SMILES string of the molecule is CC(C)N1C(=O)C(=O)N(Cc2ccc(C(F)(F)F)cc2)C1=O. The van der Waals surface area contributed by atoms with Gasteiger partial charge in [-0.2, -0.15) is 13.2 Å². The second-order valence-corrected chi connectivity index (χ2v) is 5.14. The first-order valence-electron chi connectivity index (χ1n) is 6.48. The number of halogens is 3. The molecule has 0 aromatic heterocycles. The summed E-state index contributed by atoms with van der Waals surface area (Å²) >= 11 is 0. The van der Waals surface area contributed by atoms with E-state index in [1.165, 1.54) is 12.1 Å². The molecule has 1 aliphatic heterocycles. The predicted molar refractivity (Wildman–Crippen MR) is 69.4 cm³/mol. The average molecular weight is 314 g/mol. The number of carbonyl (C=O) groups excluding carboxylic acids is 3. The van der Waals surface area contributed by atoms with E-state index < -0.39 is 35.6 Å². The number of amides is 4. The molecular formula is C14H13F3N2O3. The maximum atomic E-state index is 12.5. The summed E-state index contributed by atoms with van der Waals surface area (Å²) < 4.78 is 37.4. The number of nitrogens with zero attached hydrogens (tertiary/aromatic N) is 2. The molecule has 1 saturated heterocycles. The third-order valence-electron chi connectivity index (χ3n) is 3.22. The molecule has 0 N–H and O–H groups in total. The Labute approximate surface area is 124 Å². The summed E-state index contributed by atoms with van der Waals surface area (Å²) in [7, 11) is 0. The number of hydrogen-bond donors (Lipinski definition) is 0. The zero-order valence-electron chi connectivity index (χ0n) is 11.8. The van der Waals surface area contributed by atoms with Crippen LogP contribution in [0.15, 0.2) is 24.3 Å². The lowest BCUT2D eigenvalue weighted by atomic mass is 10.1. The van der Waals surface area contributed by atoms with Crippen molar-refractivity contribution in [2.24, 2.45) is 0 Å². The molecule has 0 saturated carbocycles. The fraction of sp³-hybridized carbons (Fsp3) is 0.357. The number of urea groups is 1. The summed E-state index contributed by atoms with van der Waals surface area (Å²) in [5.41, 5.74) is -0.497. The zero-order valence-corrected chi connectivity index (χ0v) is 11.8. The third kappa shape index (κ3) is 2.81. The summed E-state index contributed by atoms with van der Waals surface area (Å²) in [5, 5.41) is 0. The minimum Gasteiger partial charge on any atom is -0.263 e. The van der Waals surface area contributed by atoms with Gasteiger partial charge in [-0.25, -0.2) is 4.79 Å². The van der Waals surface area contributed by atoms with Crippen LogP contribution in [0.1, 0.15) is 25.0 Å². The van der Waals surface area contributed by atoms with E-state index in [-0.39, 0.29) is 6.54 Å². The predicted octanol–water partition coefficient (Wildman–Crippen LogP) is 2.40. The van der Waals surface area contributed by atoms with Gasteiger partial charge < -0.3 is 0 Å². The van der Waals surface area contributed by atoms with Crippen LogP contribution in [0.2, 0.25) is 0 Å². The fourth-order valence-corrected chi connectivity index (χ4v) is 2.10. The lowest BCUT2D eigenvalue weighted by Crippen LogP contribution is -2.37. The lowest BCUT2D eigenvalue weighted by molar-refractivity contribution is -0.144. The molecule has 0 bridgehead atoms. The maximum Gasteiger partial charge on any atom is 0.416 e. The van der Waals surface area contributed by atoms with E-state index in [0.29, 0.717) is 5.56 Å². The highest BCUT2D eigenvalue weighted by Crippen LogP contribution is 2.29. The molecular weight excluding hydrogens is 301 g/mol. The molecule has 4 amide bonds. The molecule has 8 heteroatoms. The average Bonchev–Trinajstić information content (AvgIpc) is 2.62. The van der Waals surface area contributed by atoms with Crippen LogP contribution in [0.5, 0.6) is 0 Å². The zero-order chi connectivity index (χ0) is 16.7. The van der Waals surface area contributed by atoms with Crippen molar-refractivity contribution in [3.8, 4) is 0 Å². The molecule has 1 aromatic carbocycles. The molecule has 1 aliphatic rings. The molecule has 118 valence electrons. The topological polar surface area (TPSA) is 57.7 Å². The fourth-order valence-electron chi connectivity index (χ4n) is 2.10. The molecule has 1 heterocycles. The standard InChI is InChI=1S/C14H13F3N2O3/c1-8(2)19-12(21)11(20)18(13(19)22)7-9-3-5-10(6-4-9)14(15,16)17/h3-6,8H,7H2,1-2H3. The smallest absolute Gasteiger partial charge is 0.263 e. The van der Waals surface area contributed by atoms with Gasteiger partial charge in [-0.1, -0.05) is 12.1 Å². The van der Waals surface area contributed by atoms with Crippen molar-refractivity contribution in [2.75, 3.05) is 0 Å². The van der Waals surface area contributed by atoms with Crippen LogP contribution in [0.25, 0.3) is 0 Å². The molecule has 0 unspecified atom stereocenters. The van der Waals surface area contributed by atoms with Crippen LogP contribution >= 0.6 is 0 Å². The number of imide groups is 2. The maximum absolute atomic E-state index is 12.5. The summed E-state index contributed by atoms with van der Waals surface area (Å²) in [6.45, 7) is 2.93. The van der Waals surface area contributed by atoms with E-state index >= 15 is 0 Å². The van der Waals surface area contributed by atoms with Crippen LogP contribution in [-0.4, -0.2) is 33.7 Å². The van der Waals surface area contributed by atoms with E-state index in [1.807, 2.05) is 0 Å². The van der Waals surface area contributed by atoms with Gasteiger partial charge in [-0.05, 0) is 31.5 Å². The molecule has 2 rings (SSSR count). The van der Waals surface area contributed by atoms with Crippen molar-refractivity contribution < 1.29 is 27.6 Å². The van der Waals surface area contributed by atoms with E-state index in [4.69, 9.17) is 0 Å². The molecule has 0 spiro atoms. The summed E-state index contributed by atoms with van der Waals surface area (Å²) in [6.07, 6.45) is -4.46. The van der Waals surface area contributed by atoms with E-state index in [1.54, 1.807) is 13.8 Å². The number of alkyl halides is 3. The highest BCUT2D eigenvalue weighted by atomic mass is 19.4. The van der Waals surface area contributed by atoms with Gasteiger partial charge >= 0.3 is 24.0 Å². The van der Waals surface area contributed by atoms with Crippen molar-refractivity contribution in [1.29, 1.82) is 0 Å². The summed E-state index contributed by atoms with van der Waals surface area (Å²) in [6, 6.07) is 2.84. The highest BCUT2D eigenvalue weighted by Gasteiger charge is 2.45. The van der Waals surface area contributed by atoms with Crippen molar-refractivity contribution in [1.82, 2.24) is 9.80 Å². The van der Waals surface area contributed by atoms with Gasteiger partial charge in [0.25, 0.3) is 0 Å². The second-order valence-electron chi connectivity index (χ2n) is 5.14. The number of rotatable bonds is 3. The first kappa shape index (κ1) is 16.0.